The van der Waals surface area contributed by atoms with E-state index in [9.17, 15) is 4.79 Å². The van der Waals surface area contributed by atoms with Crippen molar-refractivity contribution in [1.29, 1.82) is 0 Å². The molecule has 2 rings (SSSR count). The van der Waals surface area contributed by atoms with Crippen LogP contribution in [0.1, 0.15) is 27.0 Å². The maximum absolute atomic E-state index is 10.9. The lowest BCUT2D eigenvalue weighted by Gasteiger charge is -2.12. The average Bonchev–Trinajstić information content (AvgIpc) is 2.38. The first-order valence-electron chi connectivity index (χ1n) is 6.17. The summed E-state index contributed by atoms with van der Waals surface area (Å²) in [5, 5.41) is 8.95. The van der Waals surface area contributed by atoms with Gasteiger partial charge < -0.3 is 9.84 Å². The summed E-state index contributed by atoms with van der Waals surface area (Å²) in [6.07, 6.45) is 0. The highest BCUT2D eigenvalue weighted by Gasteiger charge is 2.09. The van der Waals surface area contributed by atoms with Gasteiger partial charge in [0, 0.05) is 4.47 Å². The predicted molar refractivity (Wildman–Crippen MR) is 81.8 cm³/mol. The van der Waals surface area contributed by atoms with Crippen molar-refractivity contribution in [3.05, 3.63) is 57.1 Å². The number of ether oxygens (including phenoxy) is 1. The number of halogens is 1. The molecule has 0 amide bonds. The van der Waals surface area contributed by atoms with Gasteiger partial charge in [0.15, 0.2) is 0 Å². The second kappa shape index (κ2) is 5.67. The van der Waals surface area contributed by atoms with Crippen LogP contribution in [0.3, 0.4) is 0 Å². The highest BCUT2D eigenvalue weighted by molar-refractivity contribution is 9.10. The van der Waals surface area contributed by atoms with Crippen LogP contribution in [0.5, 0.6) is 11.5 Å². The Morgan fingerprint density at radius 1 is 1.05 bits per heavy atom. The molecule has 1 N–H and O–H groups in total. The molecule has 20 heavy (non-hydrogen) atoms. The molecule has 0 saturated carbocycles. The molecule has 2 aromatic carbocycles. The van der Waals surface area contributed by atoms with Crippen LogP contribution >= 0.6 is 15.9 Å². The van der Waals surface area contributed by atoms with Gasteiger partial charge in [0.1, 0.15) is 11.5 Å². The minimum atomic E-state index is -0.935. The molecular formula is C16H15BrO3. The fourth-order valence-electron chi connectivity index (χ4n) is 1.99. The fourth-order valence-corrected chi connectivity index (χ4v) is 2.22. The Morgan fingerprint density at radius 2 is 1.65 bits per heavy atom. The van der Waals surface area contributed by atoms with Gasteiger partial charge in [0.2, 0.25) is 0 Å². The number of carboxylic acids is 1. The van der Waals surface area contributed by atoms with Gasteiger partial charge in [-0.2, -0.15) is 0 Å². The van der Waals surface area contributed by atoms with Crippen LogP contribution < -0.4 is 4.74 Å². The van der Waals surface area contributed by atoms with E-state index in [0.717, 1.165) is 26.9 Å². The number of aryl methyl sites for hydroxylation is 3. The second-order valence-electron chi connectivity index (χ2n) is 4.76. The van der Waals surface area contributed by atoms with Gasteiger partial charge in [-0.1, -0.05) is 15.9 Å². The van der Waals surface area contributed by atoms with Gasteiger partial charge in [-0.05, 0) is 67.8 Å². The van der Waals surface area contributed by atoms with E-state index < -0.39 is 5.97 Å². The van der Waals surface area contributed by atoms with Crippen molar-refractivity contribution < 1.29 is 14.6 Å². The molecule has 0 aliphatic carbocycles. The summed E-state index contributed by atoms with van der Waals surface area (Å²) in [4.78, 5) is 10.9. The molecule has 0 unspecified atom stereocenters. The number of rotatable bonds is 3. The van der Waals surface area contributed by atoms with Crippen molar-refractivity contribution in [3.8, 4) is 11.5 Å². The molecular weight excluding hydrogens is 320 g/mol. The number of hydrogen-bond acceptors (Lipinski definition) is 2. The molecule has 0 spiro atoms. The summed E-state index contributed by atoms with van der Waals surface area (Å²) in [6.45, 7) is 5.84. The van der Waals surface area contributed by atoms with Crippen molar-refractivity contribution in [2.75, 3.05) is 0 Å². The van der Waals surface area contributed by atoms with Gasteiger partial charge in [0.05, 0.1) is 5.56 Å². The van der Waals surface area contributed by atoms with E-state index in [4.69, 9.17) is 9.84 Å². The molecule has 0 aliphatic rings. The van der Waals surface area contributed by atoms with Gasteiger partial charge in [-0.25, -0.2) is 4.79 Å². The Kier molecular flexibility index (Phi) is 4.14. The van der Waals surface area contributed by atoms with Crippen LogP contribution in [0.15, 0.2) is 34.8 Å². The van der Waals surface area contributed by atoms with Gasteiger partial charge in [0.25, 0.3) is 0 Å². The Hall–Kier alpha value is -1.81. The van der Waals surface area contributed by atoms with Crippen LogP contribution in [-0.4, -0.2) is 11.1 Å². The molecule has 3 nitrogen and oxygen atoms in total. The van der Waals surface area contributed by atoms with E-state index in [1.54, 1.807) is 18.2 Å². The number of carboxylic acid groups (broad SMARTS) is 1. The summed E-state index contributed by atoms with van der Waals surface area (Å²) < 4.78 is 6.92. The largest absolute Gasteiger partial charge is 0.478 e. The van der Waals surface area contributed by atoms with Crippen LogP contribution in [0, 0.1) is 20.8 Å². The first-order valence-corrected chi connectivity index (χ1v) is 6.96. The van der Waals surface area contributed by atoms with Gasteiger partial charge in [-0.15, -0.1) is 0 Å². The lowest BCUT2D eigenvalue weighted by atomic mass is 10.1. The predicted octanol–water partition coefficient (Wildman–Crippen LogP) is 4.86. The molecule has 0 radical (unpaired) electrons. The molecule has 0 aromatic heterocycles. The smallest absolute Gasteiger partial charge is 0.335 e. The monoisotopic (exact) mass is 334 g/mol. The zero-order chi connectivity index (χ0) is 14.9. The molecule has 2 aromatic rings. The third-order valence-electron chi connectivity index (χ3n) is 3.06. The van der Waals surface area contributed by atoms with Crippen molar-refractivity contribution >= 4 is 21.9 Å². The lowest BCUT2D eigenvalue weighted by molar-refractivity contribution is 0.0697. The highest BCUT2D eigenvalue weighted by Crippen LogP contribution is 2.31. The minimum Gasteiger partial charge on any atom is -0.478 e. The summed E-state index contributed by atoms with van der Waals surface area (Å²) in [5.74, 6) is 0.473. The first-order chi connectivity index (χ1) is 9.38. The van der Waals surface area contributed by atoms with E-state index in [-0.39, 0.29) is 5.56 Å². The molecule has 0 aliphatic heterocycles. The molecule has 0 fully saturated rings. The summed E-state index contributed by atoms with van der Waals surface area (Å²) in [7, 11) is 0. The number of carbonyl (C=O) groups is 1. The van der Waals surface area contributed by atoms with Crippen molar-refractivity contribution in [3.63, 3.8) is 0 Å². The standard InChI is InChI=1S/C16H15BrO3/c1-9-6-12(16(18)19)4-5-14(9)20-13-7-10(2)15(17)11(3)8-13/h4-8H,1-3H3,(H,18,19). The second-order valence-corrected chi connectivity index (χ2v) is 5.55. The van der Waals surface area contributed by atoms with Gasteiger partial charge >= 0.3 is 5.97 Å². The van der Waals surface area contributed by atoms with Crippen molar-refractivity contribution in [2.24, 2.45) is 0 Å². The van der Waals surface area contributed by atoms with Crippen molar-refractivity contribution in [1.82, 2.24) is 0 Å². The molecule has 4 heteroatoms. The average molecular weight is 335 g/mol. The van der Waals surface area contributed by atoms with E-state index in [1.807, 2.05) is 32.9 Å². The van der Waals surface area contributed by atoms with Crippen LogP contribution in [0.2, 0.25) is 0 Å². The first kappa shape index (κ1) is 14.6. The third-order valence-corrected chi connectivity index (χ3v) is 4.31. The molecule has 104 valence electrons. The van der Waals surface area contributed by atoms with Crippen LogP contribution in [0.4, 0.5) is 0 Å². The molecule has 0 saturated heterocycles. The number of benzene rings is 2. The summed E-state index contributed by atoms with van der Waals surface area (Å²) >= 11 is 3.52. The third kappa shape index (κ3) is 3.02. The Labute approximate surface area is 126 Å². The van der Waals surface area contributed by atoms with Crippen LogP contribution in [0.25, 0.3) is 0 Å². The highest BCUT2D eigenvalue weighted by atomic mass is 79.9. The maximum Gasteiger partial charge on any atom is 0.335 e. The molecule has 0 bridgehead atoms. The zero-order valence-electron chi connectivity index (χ0n) is 11.5. The Balaban J connectivity index is 2.33. The quantitative estimate of drug-likeness (QED) is 0.871. The van der Waals surface area contributed by atoms with Crippen LogP contribution in [-0.2, 0) is 0 Å². The van der Waals surface area contributed by atoms with E-state index in [2.05, 4.69) is 15.9 Å². The Morgan fingerprint density at radius 3 is 2.15 bits per heavy atom. The Bertz CT molecular complexity index is 654. The van der Waals surface area contributed by atoms with E-state index >= 15 is 0 Å². The summed E-state index contributed by atoms with van der Waals surface area (Å²) in [6, 6.07) is 8.73. The molecule has 0 atom stereocenters. The lowest BCUT2D eigenvalue weighted by Crippen LogP contribution is -1.97. The van der Waals surface area contributed by atoms with Crippen molar-refractivity contribution in [2.45, 2.75) is 20.8 Å². The number of aromatic carboxylic acids is 1. The number of hydrogen-bond donors (Lipinski definition) is 1. The van der Waals surface area contributed by atoms with E-state index in [0.29, 0.717) is 5.75 Å². The maximum atomic E-state index is 10.9. The van der Waals surface area contributed by atoms with E-state index in [1.165, 1.54) is 0 Å². The van der Waals surface area contributed by atoms with Gasteiger partial charge in [-0.3, -0.25) is 0 Å². The topological polar surface area (TPSA) is 46.5 Å². The SMILES string of the molecule is Cc1cc(C(=O)O)ccc1Oc1cc(C)c(Br)c(C)c1. The fraction of sp³-hybridized carbons (Fsp3) is 0.188. The minimum absolute atomic E-state index is 0.262. The normalized spacial score (nSPS) is 10.4. The summed E-state index contributed by atoms with van der Waals surface area (Å²) in [5.41, 5.74) is 3.25. The zero-order valence-corrected chi connectivity index (χ0v) is 13.1. The molecule has 0 heterocycles.